The second-order valence-electron chi connectivity index (χ2n) is 2.96. The van der Waals surface area contributed by atoms with Gasteiger partial charge in [0.1, 0.15) is 12.2 Å². The Kier molecular flexibility index (Phi) is 2.17. The summed E-state index contributed by atoms with van der Waals surface area (Å²) in [4.78, 5) is 8.00. The van der Waals surface area contributed by atoms with Crippen LogP contribution in [0.5, 0.6) is 0 Å². The lowest BCUT2D eigenvalue weighted by Gasteiger charge is -2.02. The first kappa shape index (κ1) is 8.10. The molecule has 1 unspecified atom stereocenters. The van der Waals surface area contributed by atoms with Gasteiger partial charge in [0.2, 0.25) is 0 Å². The molecule has 0 aliphatic carbocycles. The van der Waals surface area contributed by atoms with Crippen molar-refractivity contribution in [2.45, 2.75) is 12.5 Å². The predicted molar refractivity (Wildman–Crippen MR) is 50.9 cm³/mol. The van der Waals surface area contributed by atoms with Gasteiger partial charge in [-0.05, 0) is 24.1 Å². The molecule has 0 spiro atoms. The lowest BCUT2D eigenvalue weighted by atomic mass is 10.1. The van der Waals surface area contributed by atoms with Crippen molar-refractivity contribution < 1.29 is 4.39 Å². The lowest BCUT2D eigenvalue weighted by Crippen LogP contribution is -2.06. The average Bonchev–Trinajstić information content (AvgIpc) is 2.62. The predicted octanol–water partition coefficient (Wildman–Crippen LogP) is 1.85. The molecule has 0 saturated heterocycles. The summed E-state index contributed by atoms with van der Waals surface area (Å²) in [5.74, 6) is -0.202. The maximum absolute atomic E-state index is 12.5. The summed E-state index contributed by atoms with van der Waals surface area (Å²) in [6.07, 6.45) is 4.14. The van der Waals surface area contributed by atoms with Crippen LogP contribution in [0, 0.1) is 5.82 Å². The highest BCUT2D eigenvalue weighted by molar-refractivity contribution is 5.82. The van der Waals surface area contributed by atoms with Gasteiger partial charge in [0.05, 0.1) is 6.04 Å². The molecule has 66 valence electrons. The molecule has 13 heavy (non-hydrogen) atoms. The van der Waals surface area contributed by atoms with Crippen LogP contribution in [0.2, 0.25) is 0 Å². The molecule has 1 heterocycles. The fraction of sp³-hybridized carbons (Fsp3) is 0.200. The molecular formula is C10H9FN2. The highest BCUT2D eigenvalue weighted by atomic mass is 19.1. The first-order valence-corrected chi connectivity index (χ1v) is 4.14. The van der Waals surface area contributed by atoms with Crippen LogP contribution in [0.25, 0.3) is 0 Å². The van der Waals surface area contributed by atoms with Gasteiger partial charge >= 0.3 is 0 Å². The third-order valence-corrected chi connectivity index (χ3v) is 1.94. The van der Waals surface area contributed by atoms with E-state index in [0.717, 1.165) is 12.0 Å². The van der Waals surface area contributed by atoms with Crippen LogP contribution in [-0.4, -0.2) is 18.6 Å². The Morgan fingerprint density at radius 2 is 2.00 bits per heavy atom. The molecule has 1 aromatic rings. The van der Waals surface area contributed by atoms with Crippen LogP contribution in [-0.2, 0) is 6.42 Å². The summed E-state index contributed by atoms with van der Waals surface area (Å²) in [5, 5.41) is 0. The lowest BCUT2D eigenvalue weighted by molar-refractivity contribution is 0.626. The molecule has 2 nitrogen and oxygen atoms in total. The average molecular weight is 176 g/mol. The zero-order valence-electron chi connectivity index (χ0n) is 7.02. The second-order valence-corrected chi connectivity index (χ2v) is 2.96. The molecule has 1 atom stereocenters. The molecule has 0 amide bonds. The van der Waals surface area contributed by atoms with E-state index in [1.165, 1.54) is 12.1 Å². The topological polar surface area (TPSA) is 24.7 Å². The summed E-state index contributed by atoms with van der Waals surface area (Å²) in [6, 6.07) is 6.61. The fourth-order valence-electron chi connectivity index (χ4n) is 1.27. The van der Waals surface area contributed by atoms with Gasteiger partial charge in [-0.25, -0.2) is 9.38 Å². The molecule has 1 aliphatic rings. The van der Waals surface area contributed by atoms with E-state index in [9.17, 15) is 4.39 Å². The van der Waals surface area contributed by atoms with Crippen LogP contribution in [0.3, 0.4) is 0 Å². The minimum atomic E-state index is -0.202. The molecule has 1 aliphatic heterocycles. The molecule has 3 heteroatoms. The fourth-order valence-corrected chi connectivity index (χ4v) is 1.27. The molecule has 0 aromatic heterocycles. The number of halogens is 1. The van der Waals surface area contributed by atoms with E-state index in [-0.39, 0.29) is 11.9 Å². The van der Waals surface area contributed by atoms with Crippen molar-refractivity contribution in [3.05, 3.63) is 35.6 Å². The highest BCUT2D eigenvalue weighted by Crippen LogP contribution is 2.08. The zero-order valence-corrected chi connectivity index (χ0v) is 7.02. The van der Waals surface area contributed by atoms with E-state index in [2.05, 4.69) is 9.98 Å². The molecule has 2 rings (SSSR count). The van der Waals surface area contributed by atoms with Crippen molar-refractivity contribution in [2.75, 3.05) is 0 Å². The Bertz CT molecular complexity index is 328. The molecular weight excluding hydrogens is 167 g/mol. The van der Waals surface area contributed by atoms with Gasteiger partial charge in [0.25, 0.3) is 0 Å². The maximum Gasteiger partial charge on any atom is 0.123 e. The highest BCUT2D eigenvalue weighted by Gasteiger charge is 2.06. The van der Waals surface area contributed by atoms with Crippen molar-refractivity contribution in [3.8, 4) is 0 Å². The van der Waals surface area contributed by atoms with Crippen LogP contribution in [0.1, 0.15) is 5.56 Å². The summed E-state index contributed by atoms with van der Waals surface area (Å²) in [5.41, 5.74) is 1.08. The number of hydrogen-bond acceptors (Lipinski definition) is 2. The summed E-state index contributed by atoms with van der Waals surface area (Å²) in [7, 11) is 0. The largest absolute Gasteiger partial charge is 0.264 e. The molecule has 1 aromatic carbocycles. The molecule has 0 radical (unpaired) electrons. The van der Waals surface area contributed by atoms with Crippen LogP contribution in [0.4, 0.5) is 4.39 Å². The molecule has 0 N–H and O–H groups in total. The van der Waals surface area contributed by atoms with Crippen LogP contribution >= 0.6 is 0 Å². The van der Waals surface area contributed by atoms with E-state index in [1.807, 2.05) is 0 Å². The van der Waals surface area contributed by atoms with Crippen molar-refractivity contribution in [1.29, 1.82) is 0 Å². The third kappa shape index (κ3) is 1.99. The summed E-state index contributed by atoms with van der Waals surface area (Å²) < 4.78 is 12.5. The number of aliphatic imine (C=N–C) groups is 2. The molecule has 0 fully saturated rings. The van der Waals surface area contributed by atoms with Crippen LogP contribution < -0.4 is 0 Å². The van der Waals surface area contributed by atoms with Gasteiger partial charge in [-0.3, -0.25) is 4.99 Å². The Labute approximate surface area is 75.8 Å². The Balaban J connectivity index is 2.05. The van der Waals surface area contributed by atoms with Gasteiger partial charge in [-0.15, -0.1) is 0 Å². The quantitative estimate of drug-likeness (QED) is 0.657. The number of rotatable bonds is 2. The number of hydrogen-bond donors (Lipinski definition) is 0. The monoisotopic (exact) mass is 176 g/mol. The van der Waals surface area contributed by atoms with E-state index >= 15 is 0 Å². The Hall–Kier alpha value is -1.51. The van der Waals surface area contributed by atoms with E-state index < -0.39 is 0 Å². The number of nitrogens with zero attached hydrogens (tertiary/aromatic N) is 2. The van der Waals surface area contributed by atoms with Gasteiger partial charge in [0.15, 0.2) is 0 Å². The van der Waals surface area contributed by atoms with Crippen LogP contribution in [0.15, 0.2) is 34.3 Å². The first-order valence-electron chi connectivity index (χ1n) is 4.14. The van der Waals surface area contributed by atoms with E-state index in [0.29, 0.717) is 0 Å². The minimum absolute atomic E-state index is 0.130. The van der Waals surface area contributed by atoms with Crippen molar-refractivity contribution in [1.82, 2.24) is 0 Å². The van der Waals surface area contributed by atoms with Crippen molar-refractivity contribution in [3.63, 3.8) is 0 Å². The smallest absolute Gasteiger partial charge is 0.123 e. The number of benzene rings is 1. The standard InChI is InChI=1S/C10H9FN2/c11-9-3-1-8(2-4-9)5-10-6-12-7-13-10/h1-4,6-7,10H,5H2. The second kappa shape index (κ2) is 3.47. The Morgan fingerprint density at radius 3 is 2.62 bits per heavy atom. The maximum atomic E-state index is 12.5. The first-order chi connectivity index (χ1) is 6.34. The van der Waals surface area contributed by atoms with Gasteiger partial charge in [0, 0.05) is 6.21 Å². The van der Waals surface area contributed by atoms with Crippen molar-refractivity contribution in [2.24, 2.45) is 9.98 Å². The molecule has 0 saturated carbocycles. The third-order valence-electron chi connectivity index (χ3n) is 1.94. The van der Waals surface area contributed by atoms with E-state index in [4.69, 9.17) is 0 Å². The Morgan fingerprint density at radius 1 is 1.23 bits per heavy atom. The van der Waals surface area contributed by atoms with Gasteiger partial charge in [-0.2, -0.15) is 0 Å². The molecule has 0 bridgehead atoms. The SMILES string of the molecule is Fc1ccc(CC2C=NC=N2)cc1. The van der Waals surface area contributed by atoms with E-state index in [1.54, 1.807) is 24.7 Å². The van der Waals surface area contributed by atoms with Gasteiger partial charge in [-0.1, -0.05) is 12.1 Å². The summed E-state index contributed by atoms with van der Waals surface area (Å²) >= 11 is 0. The van der Waals surface area contributed by atoms with Gasteiger partial charge < -0.3 is 0 Å². The van der Waals surface area contributed by atoms with Crippen molar-refractivity contribution >= 4 is 12.6 Å². The summed E-state index contributed by atoms with van der Waals surface area (Å²) in [6.45, 7) is 0. The minimum Gasteiger partial charge on any atom is -0.264 e. The normalized spacial score (nSPS) is 19.6. The zero-order chi connectivity index (χ0) is 9.10.